The minimum Gasteiger partial charge on any atom is -0.336 e. The molecule has 146 valence electrons. The summed E-state index contributed by atoms with van der Waals surface area (Å²) in [5.74, 6) is -0.121. The first-order chi connectivity index (χ1) is 14.2. The summed E-state index contributed by atoms with van der Waals surface area (Å²) in [6, 6.07) is 21.5. The van der Waals surface area contributed by atoms with E-state index in [1.165, 1.54) is 5.56 Å². The van der Waals surface area contributed by atoms with E-state index in [0.717, 1.165) is 17.5 Å². The zero-order valence-electron chi connectivity index (χ0n) is 16.2. The first-order valence-electron chi connectivity index (χ1n) is 9.78. The van der Waals surface area contributed by atoms with Gasteiger partial charge >= 0.3 is 0 Å². The number of fused-ring (bicyclic) bond motifs is 1. The zero-order valence-corrected chi connectivity index (χ0v) is 16.2. The molecule has 0 aliphatic carbocycles. The van der Waals surface area contributed by atoms with E-state index in [9.17, 15) is 9.59 Å². The molecule has 1 aliphatic rings. The van der Waals surface area contributed by atoms with Gasteiger partial charge < -0.3 is 9.80 Å². The molecule has 0 radical (unpaired) electrons. The molecule has 0 fully saturated rings. The first kappa shape index (κ1) is 18.9. The Hall–Kier alpha value is -3.47. The van der Waals surface area contributed by atoms with Crippen molar-refractivity contribution in [1.29, 1.82) is 0 Å². The van der Waals surface area contributed by atoms with Crippen LogP contribution in [0.15, 0.2) is 79.1 Å². The van der Waals surface area contributed by atoms with Crippen LogP contribution >= 0.6 is 0 Å². The van der Waals surface area contributed by atoms with Crippen LogP contribution < -0.4 is 0 Å². The summed E-state index contributed by atoms with van der Waals surface area (Å²) >= 11 is 0. The number of amides is 2. The van der Waals surface area contributed by atoms with Gasteiger partial charge in [0, 0.05) is 37.6 Å². The van der Waals surface area contributed by atoms with Crippen LogP contribution in [0.2, 0.25) is 0 Å². The van der Waals surface area contributed by atoms with Crippen molar-refractivity contribution in [2.24, 2.45) is 0 Å². The summed E-state index contributed by atoms with van der Waals surface area (Å²) in [7, 11) is 0. The van der Waals surface area contributed by atoms with Crippen LogP contribution in [0.3, 0.4) is 0 Å². The SMILES string of the molecule is O=C(CN1Cc2ccccc2C1=O)N(CCc1ccccc1)Cc1cccnc1. The number of nitrogens with zero attached hydrogens (tertiary/aromatic N) is 3. The van der Waals surface area contributed by atoms with Gasteiger partial charge in [0.25, 0.3) is 5.91 Å². The van der Waals surface area contributed by atoms with Crippen molar-refractivity contribution in [3.8, 4) is 0 Å². The zero-order chi connectivity index (χ0) is 20.1. The number of rotatable bonds is 7. The van der Waals surface area contributed by atoms with Crippen molar-refractivity contribution in [2.75, 3.05) is 13.1 Å². The number of carbonyl (C=O) groups is 2. The van der Waals surface area contributed by atoms with Gasteiger partial charge in [0.15, 0.2) is 0 Å². The number of pyridine rings is 1. The van der Waals surface area contributed by atoms with E-state index in [2.05, 4.69) is 17.1 Å². The first-order valence-corrected chi connectivity index (χ1v) is 9.78. The van der Waals surface area contributed by atoms with Crippen LogP contribution in [-0.4, -0.2) is 39.7 Å². The third-order valence-electron chi connectivity index (χ3n) is 5.18. The molecule has 0 bridgehead atoms. The molecule has 2 heterocycles. The maximum atomic E-state index is 13.1. The van der Waals surface area contributed by atoms with Crippen LogP contribution in [0.4, 0.5) is 0 Å². The maximum Gasteiger partial charge on any atom is 0.254 e. The molecule has 0 atom stereocenters. The van der Waals surface area contributed by atoms with Gasteiger partial charge in [-0.15, -0.1) is 0 Å². The highest BCUT2D eigenvalue weighted by molar-refractivity contribution is 6.00. The smallest absolute Gasteiger partial charge is 0.254 e. The number of aromatic nitrogens is 1. The summed E-state index contributed by atoms with van der Waals surface area (Å²) in [6.45, 7) is 1.64. The third-order valence-corrected chi connectivity index (χ3v) is 5.18. The summed E-state index contributed by atoms with van der Waals surface area (Å²) in [6.07, 6.45) is 4.26. The predicted octanol–water partition coefficient (Wildman–Crippen LogP) is 3.31. The molecule has 4 rings (SSSR count). The second-order valence-electron chi connectivity index (χ2n) is 7.23. The molecular weight excluding hydrogens is 362 g/mol. The van der Waals surface area contributed by atoms with E-state index in [4.69, 9.17) is 0 Å². The van der Waals surface area contributed by atoms with Gasteiger partial charge in [0.1, 0.15) is 6.54 Å². The average Bonchev–Trinajstić information content (AvgIpc) is 3.08. The topological polar surface area (TPSA) is 53.5 Å². The molecule has 1 aromatic heterocycles. The van der Waals surface area contributed by atoms with E-state index < -0.39 is 0 Å². The van der Waals surface area contributed by atoms with Crippen LogP contribution in [-0.2, 0) is 24.3 Å². The van der Waals surface area contributed by atoms with Gasteiger partial charge in [-0.1, -0.05) is 54.6 Å². The molecular formula is C24H23N3O2. The van der Waals surface area contributed by atoms with Gasteiger partial charge in [-0.25, -0.2) is 0 Å². The molecule has 2 aromatic carbocycles. The lowest BCUT2D eigenvalue weighted by molar-refractivity contribution is -0.132. The van der Waals surface area contributed by atoms with Gasteiger partial charge in [-0.05, 0) is 35.2 Å². The Kier molecular flexibility index (Phi) is 5.66. The van der Waals surface area contributed by atoms with E-state index >= 15 is 0 Å². The highest BCUT2D eigenvalue weighted by Crippen LogP contribution is 2.22. The number of hydrogen-bond donors (Lipinski definition) is 0. The molecule has 29 heavy (non-hydrogen) atoms. The van der Waals surface area contributed by atoms with E-state index in [1.807, 2.05) is 59.5 Å². The van der Waals surface area contributed by atoms with Crippen molar-refractivity contribution in [1.82, 2.24) is 14.8 Å². The summed E-state index contributed by atoms with van der Waals surface area (Å²) in [4.78, 5) is 33.4. The molecule has 1 aliphatic heterocycles. The Balaban J connectivity index is 1.46. The average molecular weight is 385 g/mol. The number of hydrogen-bond acceptors (Lipinski definition) is 3. The molecule has 0 saturated heterocycles. The predicted molar refractivity (Wildman–Crippen MR) is 111 cm³/mol. The van der Waals surface area contributed by atoms with E-state index in [0.29, 0.717) is 25.2 Å². The Morgan fingerprint density at radius 1 is 0.966 bits per heavy atom. The van der Waals surface area contributed by atoms with Crippen LogP contribution in [0.1, 0.15) is 27.0 Å². The van der Waals surface area contributed by atoms with Crippen molar-refractivity contribution in [3.05, 3.63) is 101 Å². The van der Waals surface area contributed by atoms with Gasteiger partial charge in [-0.2, -0.15) is 0 Å². The van der Waals surface area contributed by atoms with E-state index in [1.54, 1.807) is 17.3 Å². The van der Waals surface area contributed by atoms with Crippen molar-refractivity contribution < 1.29 is 9.59 Å². The Morgan fingerprint density at radius 3 is 2.48 bits per heavy atom. The van der Waals surface area contributed by atoms with Gasteiger partial charge in [0.05, 0.1) is 0 Å². The second kappa shape index (κ2) is 8.69. The van der Waals surface area contributed by atoms with Gasteiger partial charge in [0.2, 0.25) is 5.91 Å². The molecule has 5 heteroatoms. The maximum absolute atomic E-state index is 13.1. The Morgan fingerprint density at radius 2 is 1.72 bits per heavy atom. The lowest BCUT2D eigenvalue weighted by Crippen LogP contribution is -2.41. The standard InChI is InChI=1S/C24H23N3O2/c28-23(18-27-17-21-10-4-5-11-22(21)24(27)29)26(16-20-9-6-13-25-15-20)14-12-19-7-2-1-3-8-19/h1-11,13,15H,12,14,16-18H2. The minimum atomic E-state index is -0.0710. The third kappa shape index (κ3) is 4.51. The molecule has 0 unspecified atom stereocenters. The van der Waals surface area contributed by atoms with Crippen LogP contribution in [0.25, 0.3) is 0 Å². The van der Waals surface area contributed by atoms with Crippen molar-refractivity contribution in [3.63, 3.8) is 0 Å². The normalized spacial score (nSPS) is 12.7. The highest BCUT2D eigenvalue weighted by Gasteiger charge is 2.29. The second-order valence-corrected chi connectivity index (χ2v) is 7.23. The lowest BCUT2D eigenvalue weighted by atomic mass is 10.1. The lowest BCUT2D eigenvalue weighted by Gasteiger charge is -2.25. The molecule has 3 aromatic rings. The highest BCUT2D eigenvalue weighted by atomic mass is 16.2. The fourth-order valence-electron chi connectivity index (χ4n) is 3.62. The molecule has 0 saturated carbocycles. The monoisotopic (exact) mass is 385 g/mol. The van der Waals surface area contributed by atoms with Crippen molar-refractivity contribution >= 4 is 11.8 Å². The van der Waals surface area contributed by atoms with E-state index in [-0.39, 0.29) is 18.4 Å². The largest absolute Gasteiger partial charge is 0.336 e. The summed E-state index contributed by atoms with van der Waals surface area (Å²) < 4.78 is 0. The molecule has 0 spiro atoms. The molecule has 2 amide bonds. The van der Waals surface area contributed by atoms with Gasteiger partial charge in [-0.3, -0.25) is 14.6 Å². The quantitative estimate of drug-likeness (QED) is 0.627. The Labute approximate surface area is 170 Å². The Bertz CT molecular complexity index is 989. The summed E-state index contributed by atoms with van der Waals surface area (Å²) in [5, 5.41) is 0. The summed E-state index contributed by atoms with van der Waals surface area (Å²) in [5.41, 5.74) is 3.84. The van der Waals surface area contributed by atoms with Crippen LogP contribution in [0.5, 0.6) is 0 Å². The van der Waals surface area contributed by atoms with Crippen LogP contribution in [0, 0.1) is 0 Å². The fourth-order valence-corrected chi connectivity index (χ4v) is 3.62. The number of benzene rings is 2. The molecule has 5 nitrogen and oxygen atoms in total. The minimum absolute atomic E-state index is 0.0501. The fraction of sp³-hybridized carbons (Fsp3) is 0.208. The van der Waals surface area contributed by atoms with Crippen molar-refractivity contribution in [2.45, 2.75) is 19.5 Å². The molecule has 0 N–H and O–H groups in total. The number of carbonyl (C=O) groups excluding carboxylic acids is 2.